The van der Waals surface area contributed by atoms with Crippen LogP contribution in [0.3, 0.4) is 0 Å². The number of para-hydroxylation sites is 1. The molecule has 1 aromatic rings. The Morgan fingerprint density at radius 3 is 2.63 bits per heavy atom. The molecule has 27 heavy (non-hydrogen) atoms. The Kier molecular flexibility index (Phi) is 12.3. The Morgan fingerprint density at radius 2 is 1.93 bits per heavy atom. The summed E-state index contributed by atoms with van der Waals surface area (Å²) in [4.78, 5) is 7.00. The third kappa shape index (κ3) is 9.55. The van der Waals surface area contributed by atoms with Gasteiger partial charge in [0.2, 0.25) is 0 Å². The first-order valence-corrected chi connectivity index (χ1v) is 9.46. The molecule has 8 heteroatoms. The Morgan fingerprint density at radius 1 is 1.19 bits per heavy atom. The van der Waals surface area contributed by atoms with Crippen LogP contribution in [0.4, 0.5) is 8.78 Å². The first-order valence-electron chi connectivity index (χ1n) is 9.46. The molecule has 0 atom stereocenters. The van der Waals surface area contributed by atoms with Crippen LogP contribution in [0.1, 0.15) is 38.2 Å². The van der Waals surface area contributed by atoms with Crippen molar-refractivity contribution in [3.05, 3.63) is 29.8 Å². The van der Waals surface area contributed by atoms with Crippen LogP contribution in [0.15, 0.2) is 29.3 Å². The molecule has 154 valence electrons. The van der Waals surface area contributed by atoms with Crippen molar-refractivity contribution >= 4 is 29.9 Å². The lowest BCUT2D eigenvalue weighted by Gasteiger charge is -2.15. The Hall–Kier alpha value is -1.16. The summed E-state index contributed by atoms with van der Waals surface area (Å²) in [6.07, 6.45) is 4.89. The van der Waals surface area contributed by atoms with Gasteiger partial charge in [0.25, 0.3) is 0 Å². The molecule has 2 N–H and O–H groups in total. The molecule has 1 aliphatic rings. The summed E-state index contributed by atoms with van der Waals surface area (Å²) >= 11 is 0. The van der Waals surface area contributed by atoms with Crippen LogP contribution in [-0.2, 0) is 6.54 Å². The smallest absolute Gasteiger partial charge is 0.387 e. The van der Waals surface area contributed by atoms with Gasteiger partial charge in [0.1, 0.15) is 5.75 Å². The molecule has 0 saturated carbocycles. The highest BCUT2D eigenvalue weighted by Gasteiger charge is 2.10. The van der Waals surface area contributed by atoms with E-state index >= 15 is 0 Å². The summed E-state index contributed by atoms with van der Waals surface area (Å²) < 4.78 is 29.5. The topological polar surface area (TPSA) is 48.9 Å². The molecule has 0 aromatic heterocycles. The van der Waals surface area contributed by atoms with E-state index in [1.54, 1.807) is 18.2 Å². The maximum absolute atomic E-state index is 12.5. The van der Waals surface area contributed by atoms with Gasteiger partial charge in [-0.15, -0.1) is 24.0 Å². The summed E-state index contributed by atoms with van der Waals surface area (Å²) in [6.45, 7) is 4.67. The summed E-state index contributed by atoms with van der Waals surface area (Å²) in [6, 6.07) is 6.76. The average Bonchev–Trinajstić information content (AvgIpc) is 3.13. The van der Waals surface area contributed by atoms with E-state index in [1.165, 1.54) is 32.0 Å². The number of nitrogens with zero attached hydrogens (tertiary/aromatic N) is 2. The minimum Gasteiger partial charge on any atom is -0.434 e. The molecule has 1 aromatic carbocycles. The number of halogens is 3. The second-order valence-electron chi connectivity index (χ2n) is 6.36. The average molecular weight is 496 g/mol. The zero-order chi connectivity index (χ0) is 18.6. The number of unbranched alkanes of at least 4 members (excludes halogenated alkanes) is 1. The summed E-state index contributed by atoms with van der Waals surface area (Å²) in [5.41, 5.74) is 0.638. The van der Waals surface area contributed by atoms with E-state index in [0.717, 1.165) is 32.5 Å². The Labute approximate surface area is 178 Å². The van der Waals surface area contributed by atoms with Crippen LogP contribution in [-0.4, -0.2) is 50.2 Å². The van der Waals surface area contributed by atoms with Gasteiger partial charge in [0, 0.05) is 18.7 Å². The molecule has 0 unspecified atom stereocenters. The summed E-state index contributed by atoms with van der Waals surface area (Å²) in [5.74, 6) is 0.869. The number of ether oxygens (including phenoxy) is 1. The molecule has 0 amide bonds. The van der Waals surface area contributed by atoms with E-state index in [0.29, 0.717) is 11.5 Å². The van der Waals surface area contributed by atoms with Crippen LogP contribution in [0.5, 0.6) is 5.75 Å². The maximum Gasteiger partial charge on any atom is 0.387 e. The van der Waals surface area contributed by atoms with Crippen molar-refractivity contribution in [2.45, 2.75) is 45.8 Å². The molecule has 1 aliphatic heterocycles. The van der Waals surface area contributed by atoms with Gasteiger partial charge in [-0.25, -0.2) is 4.99 Å². The van der Waals surface area contributed by atoms with Gasteiger partial charge in [0.15, 0.2) is 5.96 Å². The van der Waals surface area contributed by atoms with Crippen molar-refractivity contribution in [2.75, 3.05) is 32.7 Å². The van der Waals surface area contributed by atoms with Crippen molar-refractivity contribution in [2.24, 2.45) is 4.99 Å². The molecule has 1 heterocycles. The lowest BCUT2D eigenvalue weighted by Crippen LogP contribution is -2.38. The van der Waals surface area contributed by atoms with Gasteiger partial charge >= 0.3 is 6.61 Å². The lowest BCUT2D eigenvalue weighted by molar-refractivity contribution is -0.0504. The van der Waals surface area contributed by atoms with E-state index < -0.39 is 6.61 Å². The number of rotatable bonds is 10. The van der Waals surface area contributed by atoms with Crippen molar-refractivity contribution in [1.29, 1.82) is 0 Å². The summed E-state index contributed by atoms with van der Waals surface area (Å²) in [7, 11) is 0. The second-order valence-corrected chi connectivity index (χ2v) is 6.36. The van der Waals surface area contributed by atoms with Crippen molar-refractivity contribution in [3.8, 4) is 5.75 Å². The number of nitrogens with one attached hydrogen (secondary N) is 2. The maximum atomic E-state index is 12.5. The van der Waals surface area contributed by atoms with Gasteiger partial charge in [-0.05, 0) is 58.3 Å². The largest absolute Gasteiger partial charge is 0.434 e. The highest BCUT2D eigenvalue weighted by Crippen LogP contribution is 2.20. The number of hydrogen-bond acceptors (Lipinski definition) is 3. The number of likely N-dealkylation sites (tertiary alicyclic amines) is 1. The lowest BCUT2D eigenvalue weighted by atomic mass is 10.2. The van der Waals surface area contributed by atoms with E-state index in [2.05, 4.69) is 25.3 Å². The quantitative estimate of drug-likeness (QED) is 0.224. The van der Waals surface area contributed by atoms with E-state index in [1.807, 2.05) is 6.92 Å². The third-order valence-corrected chi connectivity index (χ3v) is 4.33. The number of benzene rings is 1. The van der Waals surface area contributed by atoms with Crippen molar-refractivity contribution in [1.82, 2.24) is 15.5 Å². The minimum atomic E-state index is -2.83. The molecule has 0 aliphatic carbocycles. The number of hydrogen-bond donors (Lipinski definition) is 2. The Bertz CT molecular complexity index is 554. The fraction of sp³-hybridized carbons (Fsp3) is 0.632. The number of guanidine groups is 1. The molecule has 0 bridgehead atoms. The number of alkyl halides is 2. The normalized spacial score (nSPS) is 14.9. The first kappa shape index (κ1) is 23.9. The van der Waals surface area contributed by atoms with E-state index in [-0.39, 0.29) is 36.3 Å². The monoisotopic (exact) mass is 496 g/mol. The minimum absolute atomic E-state index is 0. The molecule has 2 rings (SSSR count). The van der Waals surface area contributed by atoms with E-state index in [9.17, 15) is 8.78 Å². The number of aliphatic imine (C=N–C) groups is 1. The van der Waals surface area contributed by atoms with Gasteiger partial charge in [-0.1, -0.05) is 18.2 Å². The van der Waals surface area contributed by atoms with Gasteiger partial charge in [-0.3, -0.25) is 0 Å². The molecule has 0 spiro atoms. The molecular formula is C19H31F2IN4O. The zero-order valence-electron chi connectivity index (χ0n) is 15.9. The fourth-order valence-electron chi connectivity index (χ4n) is 3.02. The van der Waals surface area contributed by atoms with Crippen LogP contribution < -0.4 is 15.4 Å². The third-order valence-electron chi connectivity index (χ3n) is 4.33. The van der Waals surface area contributed by atoms with Crippen LogP contribution in [0.2, 0.25) is 0 Å². The predicted molar refractivity (Wildman–Crippen MR) is 116 cm³/mol. The standard InChI is InChI=1S/C19H30F2N4O.HI/c1-2-22-19(23-11-5-6-12-25-13-7-8-14-25)24-15-16-9-3-4-10-17(16)26-18(20)21;/h3-4,9-10,18H,2,5-8,11-15H2,1H3,(H2,22,23,24);1H. The van der Waals surface area contributed by atoms with Crippen LogP contribution in [0, 0.1) is 0 Å². The highest BCUT2D eigenvalue weighted by molar-refractivity contribution is 14.0. The molecule has 1 saturated heterocycles. The van der Waals surface area contributed by atoms with E-state index in [4.69, 9.17) is 0 Å². The summed E-state index contributed by atoms with van der Waals surface area (Å²) in [5, 5.41) is 6.49. The molecular weight excluding hydrogens is 465 g/mol. The molecule has 1 fully saturated rings. The van der Waals surface area contributed by atoms with Crippen LogP contribution >= 0.6 is 24.0 Å². The zero-order valence-corrected chi connectivity index (χ0v) is 18.3. The molecule has 5 nitrogen and oxygen atoms in total. The van der Waals surface area contributed by atoms with Gasteiger partial charge < -0.3 is 20.3 Å². The predicted octanol–water partition coefficient (Wildman–Crippen LogP) is 3.84. The second kappa shape index (κ2) is 13.9. The highest BCUT2D eigenvalue weighted by atomic mass is 127. The van der Waals surface area contributed by atoms with Crippen molar-refractivity contribution in [3.63, 3.8) is 0 Å². The SMILES string of the molecule is CCNC(=NCc1ccccc1OC(F)F)NCCCCN1CCCC1.I. The van der Waals surface area contributed by atoms with Gasteiger partial charge in [-0.2, -0.15) is 8.78 Å². The molecule has 0 radical (unpaired) electrons. The van der Waals surface area contributed by atoms with Crippen molar-refractivity contribution < 1.29 is 13.5 Å². The van der Waals surface area contributed by atoms with Gasteiger partial charge in [0.05, 0.1) is 6.54 Å². The fourth-order valence-corrected chi connectivity index (χ4v) is 3.02. The first-order chi connectivity index (χ1) is 12.7. The van der Waals surface area contributed by atoms with Crippen LogP contribution in [0.25, 0.3) is 0 Å². The Balaban J connectivity index is 0.00000364.